The molecule has 2 aromatic heterocycles. The maximum atomic E-state index is 12.9. The van der Waals surface area contributed by atoms with Crippen LogP contribution >= 0.6 is 0 Å². The lowest BCUT2D eigenvalue weighted by atomic mass is 9.99. The normalized spacial score (nSPS) is 17.8. The van der Waals surface area contributed by atoms with Crippen LogP contribution in [0, 0.1) is 12.8 Å². The van der Waals surface area contributed by atoms with E-state index in [-0.39, 0.29) is 11.0 Å². The number of hydrogen-bond donors (Lipinski definition) is 1. The number of benzene rings is 1. The number of nitrogens with zero attached hydrogens (tertiary/aromatic N) is 3. The van der Waals surface area contributed by atoms with E-state index in [4.69, 9.17) is 9.40 Å². The second-order valence-corrected chi connectivity index (χ2v) is 9.03. The first-order valence-electron chi connectivity index (χ1n) is 11.1. The summed E-state index contributed by atoms with van der Waals surface area (Å²) in [4.78, 5) is 37.9. The van der Waals surface area contributed by atoms with Crippen LogP contribution in [0.1, 0.15) is 42.1 Å². The van der Waals surface area contributed by atoms with E-state index in [9.17, 15) is 9.59 Å². The molecule has 0 unspecified atom stereocenters. The zero-order valence-electron chi connectivity index (χ0n) is 18.1. The van der Waals surface area contributed by atoms with Gasteiger partial charge in [-0.3, -0.25) is 19.5 Å². The van der Waals surface area contributed by atoms with Gasteiger partial charge >= 0.3 is 0 Å². The molecule has 0 atom stereocenters. The van der Waals surface area contributed by atoms with E-state index in [1.54, 1.807) is 6.26 Å². The predicted molar refractivity (Wildman–Crippen MR) is 121 cm³/mol. The molecule has 0 bridgehead atoms. The van der Waals surface area contributed by atoms with Crippen molar-refractivity contribution < 1.29 is 4.42 Å². The van der Waals surface area contributed by atoms with Gasteiger partial charge in [-0.1, -0.05) is 18.6 Å². The minimum absolute atomic E-state index is 0.00236. The van der Waals surface area contributed by atoms with Gasteiger partial charge in [0.1, 0.15) is 5.58 Å². The van der Waals surface area contributed by atoms with Crippen LogP contribution in [0.2, 0.25) is 0 Å². The number of aromatic amines is 1. The molecule has 1 aromatic carbocycles. The number of hydrogen-bond acceptors (Lipinski definition) is 6. The molecule has 0 aliphatic carbocycles. The Balaban J connectivity index is 1.37. The Morgan fingerprint density at radius 2 is 2.00 bits per heavy atom. The first-order chi connectivity index (χ1) is 15.0. The van der Waals surface area contributed by atoms with Gasteiger partial charge in [-0.05, 0) is 37.8 Å². The molecule has 0 amide bonds. The molecule has 0 radical (unpaired) electrons. The number of anilines is 1. The first kappa shape index (κ1) is 20.0. The van der Waals surface area contributed by atoms with Crippen LogP contribution in [0.5, 0.6) is 0 Å². The van der Waals surface area contributed by atoms with E-state index in [1.807, 2.05) is 25.1 Å². The van der Waals surface area contributed by atoms with Gasteiger partial charge in [0.25, 0.3) is 5.56 Å². The molecule has 1 fully saturated rings. The summed E-state index contributed by atoms with van der Waals surface area (Å²) in [7, 11) is 0. The zero-order valence-corrected chi connectivity index (χ0v) is 18.1. The lowest BCUT2D eigenvalue weighted by Gasteiger charge is -2.32. The van der Waals surface area contributed by atoms with Gasteiger partial charge in [0.2, 0.25) is 5.95 Å². The summed E-state index contributed by atoms with van der Waals surface area (Å²) >= 11 is 0. The van der Waals surface area contributed by atoms with Crippen LogP contribution in [0.3, 0.4) is 0 Å². The topological polar surface area (TPSA) is 82.4 Å². The number of aromatic nitrogens is 2. The second kappa shape index (κ2) is 7.96. The fraction of sp³-hybridized carbons (Fsp3) is 0.458. The Morgan fingerprint density at radius 3 is 2.81 bits per heavy atom. The van der Waals surface area contributed by atoms with Gasteiger partial charge in [-0.15, -0.1) is 0 Å². The molecule has 7 heteroatoms. The highest BCUT2D eigenvalue weighted by molar-refractivity contribution is 5.77. The molecule has 2 aliphatic rings. The molecule has 162 valence electrons. The molecule has 31 heavy (non-hydrogen) atoms. The van der Waals surface area contributed by atoms with Gasteiger partial charge in [0.05, 0.1) is 22.9 Å². The molecule has 0 spiro atoms. The summed E-state index contributed by atoms with van der Waals surface area (Å²) in [5.41, 5.74) is 3.77. The van der Waals surface area contributed by atoms with Crippen molar-refractivity contribution in [3.05, 3.63) is 67.4 Å². The smallest absolute Gasteiger partial charge is 0.257 e. The third-order valence-corrected chi connectivity index (χ3v) is 6.61. The lowest BCUT2D eigenvalue weighted by molar-refractivity contribution is 0.239. The Kier molecular flexibility index (Phi) is 5.14. The Morgan fingerprint density at radius 1 is 1.19 bits per heavy atom. The van der Waals surface area contributed by atoms with Gasteiger partial charge in [-0.25, -0.2) is 4.98 Å². The van der Waals surface area contributed by atoms with Gasteiger partial charge in [-0.2, -0.15) is 0 Å². The monoisotopic (exact) mass is 420 g/mol. The summed E-state index contributed by atoms with van der Waals surface area (Å²) in [5, 5.41) is 0.606. The zero-order chi connectivity index (χ0) is 21.5. The first-order valence-corrected chi connectivity index (χ1v) is 11.1. The minimum Gasteiger partial charge on any atom is -0.464 e. The summed E-state index contributed by atoms with van der Waals surface area (Å²) in [6.45, 7) is 7.80. The van der Waals surface area contributed by atoms with Crippen LogP contribution in [-0.2, 0) is 19.5 Å². The number of piperidine rings is 1. The average Bonchev–Trinajstić information content (AvgIpc) is 2.77. The van der Waals surface area contributed by atoms with Gasteiger partial charge < -0.3 is 9.32 Å². The van der Waals surface area contributed by atoms with E-state index >= 15 is 0 Å². The lowest BCUT2D eigenvalue weighted by Crippen LogP contribution is -2.39. The van der Waals surface area contributed by atoms with Crippen molar-refractivity contribution in [2.45, 2.75) is 46.2 Å². The largest absolute Gasteiger partial charge is 0.464 e. The van der Waals surface area contributed by atoms with Crippen LogP contribution in [0.15, 0.2) is 38.5 Å². The van der Waals surface area contributed by atoms with Gasteiger partial charge in [0, 0.05) is 44.7 Å². The van der Waals surface area contributed by atoms with Crippen molar-refractivity contribution in [1.82, 2.24) is 14.9 Å². The fourth-order valence-corrected chi connectivity index (χ4v) is 4.61. The standard InChI is InChI=1S/C24H28N4O3/c1-15-5-9-28(10-6-15)24-25-20-7-8-27(13-19(20)23(30)26-24)12-17-14-31-21-4-3-16(2)11-18(21)22(17)29/h3-4,11,14-15H,5-10,12-13H2,1-2H3,(H,25,26,30). The molecule has 1 saturated heterocycles. The molecule has 4 heterocycles. The molecule has 5 rings (SSSR count). The van der Waals surface area contributed by atoms with Crippen molar-refractivity contribution in [2.24, 2.45) is 5.92 Å². The third-order valence-electron chi connectivity index (χ3n) is 6.61. The van der Waals surface area contributed by atoms with Crippen LogP contribution in [0.25, 0.3) is 11.0 Å². The van der Waals surface area contributed by atoms with Crippen molar-refractivity contribution in [2.75, 3.05) is 24.5 Å². The van der Waals surface area contributed by atoms with Crippen molar-refractivity contribution in [3.8, 4) is 0 Å². The van der Waals surface area contributed by atoms with Crippen LogP contribution in [0.4, 0.5) is 5.95 Å². The molecule has 0 saturated carbocycles. The van der Waals surface area contributed by atoms with Crippen molar-refractivity contribution >= 4 is 16.9 Å². The second-order valence-electron chi connectivity index (χ2n) is 9.03. The SMILES string of the molecule is Cc1ccc2occ(CN3CCc4nc(N5CCC(C)CC5)[nH]c(=O)c4C3)c(=O)c2c1. The highest BCUT2D eigenvalue weighted by Crippen LogP contribution is 2.22. The highest BCUT2D eigenvalue weighted by Gasteiger charge is 2.25. The van der Waals surface area contributed by atoms with E-state index in [0.717, 1.165) is 49.7 Å². The van der Waals surface area contributed by atoms with Crippen LogP contribution in [-0.4, -0.2) is 34.5 Å². The Labute approximate surface area is 180 Å². The molecule has 1 N–H and O–H groups in total. The number of aryl methyl sites for hydroxylation is 1. The maximum absolute atomic E-state index is 12.9. The third kappa shape index (κ3) is 3.90. The molecule has 2 aliphatic heterocycles. The summed E-state index contributed by atoms with van der Waals surface area (Å²) in [5.74, 6) is 1.43. The molecular weight excluding hydrogens is 392 g/mol. The van der Waals surface area contributed by atoms with Crippen LogP contribution < -0.4 is 15.9 Å². The van der Waals surface area contributed by atoms with Crippen molar-refractivity contribution in [1.29, 1.82) is 0 Å². The fourth-order valence-electron chi connectivity index (χ4n) is 4.61. The predicted octanol–water partition coefficient (Wildman–Crippen LogP) is 2.98. The molecule has 7 nitrogen and oxygen atoms in total. The van der Waals surface area contributed by atoms with E-state index in [1.165, 1.54) is 0 Å². The molecular formula is C24H28N4O3. The number of H-pyrrole nitrogens is 1. The molecule has 3 aromatic rings. The van der Waals surface area contributed by atoms with Crippen molar-refractivity contribution in [3.63, 3.8) is 0 Å². The number of nitrogens with one attached hydrogen (secondary N) is 1. The summed E-state index contributed by atoms with van der Waals surface area (Å²) in [6.07, 6.45) is 4.51. The average molecular weight is 421 g/mol. The van der Waals surface area contributed by atoms with E-state index in [2.05, 4.69) is 21.7 Å². The number of fused-ring (bicyclic) bond motifs is 2. The highest BCUT2D eigenvalue weighted by atomic mass is 16.3. The summed E-state index contributed by atoms with van der Waals surface area (Å²) < 4.78 is 5.69. The maximum Gasteiger partial charge on any atom is 0.257 e. The van der Waals surface area contributed by atoms with E-state index in [0.29, 0.717) is 47.6 Å². The van der Waals surface area contributed by atoms with E-state index < -0.39 is 0 Å². The Bertz CT molecular complexity index is 1240. The van der Waals surface area contributed by atoms with Gasteiger partial charge in [0.15, 0.2) is 5.43 Å². The minimum atomic E-state index is -0.0653. The number of rotatable bonds is 3. The Hall–Kier alpha value is -2.93. The quantitative estimate of drug-likeness (QED) is 0.702. The summed E-state index contributed by atoms with van der Waals surface area (Å²) in [6, 6.07) is 5.64.